The zero-order chi connectivity index (χ0) is 22.3. The number of benzene rings is 1. The Morgan fingerprint density at radius 2 is 2.10 bits per heavy atom. The molecular weight excluding hydrogens is 420 g/mol. The molecule has 2 aromatic rings. The number of nitrogens with zero attached hydrogens (tertiary/aromatic N) is 1. The molecule has 0 fully saturated rings. The molecule has 9 heteroatoms. The van der Waals surface area contributed by atoms with Crippen LogP contribution in [0.25, 0.3) is 0 Å². The average molecular weight is 440 g/mol. The Morgan fingerprint density at radius 1 is 1.32 bits per heavy atom. The van der Waals surface area contributed by atoms with Gasteiger partial charge in [0.15, 0.2) is 11.5 Å². The lowest BCUT2D eigenvalue weighted by Gasteiger charge is -2.36. The van der Waals surface area contributed by atoms with Crippen LogP contribution in [0.5, 0.6) is 5.75 Å². The highest BCUT2D eigenvalue weighted by atomic mass is 32.1. The summed E-state index contributed by atoms with van der Waals surface area (Å²) >= 11 is 1.59. The third kappa shape index (κ3) is 3.61. The summed E-state index contributed by atoms with van der Waals surface area (Å²) < 4.78 is 4.96. The van der Waals surface area contributed by atoms with Crippen LogP contribution in [0, 0.1) is 10.1 Å². The molecule has 31 heavy (non-hydrogen) atoms. The van der Waals surface area contributed by atoms with Crippen molar-refractivity contribution in [3.8, 4) is 5.75 Å². The van der Waals surface area contributed by atoms with E-state index in [-0.39, 0.29) is 23.7 Å². The molecule has 1 aromatic carbocycles. The van der Waals surface area contributed by atoms with Crippen molar-refractivity contribution in [3.05, 3.63) is 78.8 Å². The third-order valence-electron chi connectivity index (χ3n) is 5.71. The number of esters is 1. The molecule has 4 rings (SSSR count). The van der Waals surface area contributed by atoms with Crippen molar-refractivity contribution in [1.82, 2.24) is 5.32 Å². The van der Waals surface area contributed by atoms with Gasteiger partial charge in [0, 0.05) is 46.2 Å². The molecule has 2 atom stereocenters. The van der Waals surface area contributed by atoms with Gasteiger partial charge in [-0.25, -0.2) is 4.79 Å². The van der Waals surface area contributed by atoms with Crippen molar-refractivity contribution in [2.45, 2.75) is 31.6 Å². The number of hydrogen-bond acceptors (Lipinski definition) is 8. The monoisotopic (exact) mass is 440 g/mol. The predicted octanol–water partition coefficient (Wildman–Crippen LogP) is 3.90. The van der Waals surface area contributed by atoms with E-state index in [0.717, 1.165) is 4.88 Å². The van der Waals surface area contributed by atoms with Gasteiger partial charge in [-0.2, -0.15) is 0 Å². The maximum absolute atomic E-state index is 13.3. The quantitative estimate of drug-likeness (QED) is 0.420. The van der Waals surface area contributed by atoms with E-state index in [0.29, 0.717) is 29.0 Å². The number of nitro groups is 1. The number of rotatable bonds is 4. The highest BCUT2D eigenvalue weighted by Crippen LogP contribution is 2.47. The van der Waals surface area contributed by atoms with E-state index in [1.807, 2.05) is 17.5 Å². The number of methoxy groups -OCH3 is 1. The Bertz CT molecular complexity index is 1150. The smallest absolute Gasteiger partial charge is 0.336 e. The van der Waals surface area contributed by atoms with Crippen molar-refractivity contribution in [1.29, 1.82) is 0 Å². The molecule has 1 aliphatic heterocycles. The Hall–Kier alpha value is -3.46. The van der Waals surface area contributed by atoms with E-state index < -0.39 is 28.2 Å². The van der Waals surface area contributed by atoms with Gasteiger partial charge < -0.3 is 15.2 Å². The predicted molar refractivity (Wildman–Crippen MR) is 114 cm³/mol. The molecule has 8 nitrogen and oxygen atoms in total. The molecule has 1 aliphatic carbocycles. The summed E-state index contributed by atoms with van der Waals surface area (Å²) in [7, 11) is 1.25. The number of carbonyl (C=O) groups excluding carboxylic acids is 2. The summed E-state index contributed by atoms with van der Waals surface area (Å²) in [6.07, 6.45) is 0.870. The second-order valence-corrected chi connectivity index (χ2v) is 8.51. The standard InChI is InChI=1S/C22H20N2O6S/c1-11-19(22(27)30-2)20(12-5-6-16(25)15(9-12)24(28)29)21-14(23-11)8-13(10-17(21)26)18-4-3-7-31-18/h3-7,9,13,20,23,25H,8,10H2,1-2H3/t13-,20+/m1/s1. The van der Waals surface area contributed by atoms with Gasteiger partial charge >= 0.3 is 11.7 Å². The van der Waals surface area contributed by atoms with Crippen molar-refractivity contribution < 1.29 is 24.4 Å². The second-order valence-electron chi connectivity index (χ2n) is 7.53. The number of Topliss-reactive ketones (excluding diaryl/α,β-unsaturated/α-hetero) is 1. The molecular formula is C22H20N2O6S. The number of ether oxygens (including phenoxy) is 1. The van der Waals surface area contributed by atoms with Gasteiger partial charge in [-0.15, -0.1) is 11.3 Å². The maximum Gasteiger partial charge on any atom is 0.336 e. The zero-order valence-corrected chi connectivity index (χ0v) is 17.7. The van der Waals surface area contributed by atoms with Crippen molar-refractivity contribution in [2.75, 3.05) is 7.11 Å². The number of nitro benzene ring substituents is 1. The minimum absolute atomic E-state index is 0.0287. The fourth-order valence-electron chi connectivity index (χ4n) is 4.34. The minimum Gasteiger partial charge on any atom is -0.502 e. The summed E-state index contributed by atoms with van der Waals surface area (Å²) in [6, 6.07) is 7.87. The number of ketones is 1. The molecule has 0 unspecified atom stereocenters. The lowest BCUT2D eigenvalue weighted by molar-refractivity contribution is -0.385. The molecule has 2 N–H and O–H groups in total. The summed E-state index contributed by atoms with van der Waals surface area (Å²) in [5, 5.41) is 26.4. The second kappa shape index (κ2) is 7.99. The Kier molecular flexibility index (Phi) is 5.36. The Labute approximate surface area is 182 Å². The molecule has 0 amide bonds. The van der Waals surface area contributed by atoms with Crippen LogP contribution >= 0.6 is 11.3 Å². The number of phenols is 1. The van der Waals surface area contributed by atoms with Crippen LogP contribution in [-0.4, -0.2) is 28.9 Å². The number of carbonyl (C=O) groups is 2. The SMILES string of the molecule is COC(=O)C1=C(C)NC2=C(C(=O)C[C@H](c3cccs3)C2)[C@H]1c1ccc(O)c([N+](=O)[O-])c1. The van der Waals surface area contributed by atoms with E-state index in [1.165, 1.54) is 25.3 Å². The van der Waals surface area contributed by atoms with E-state index >= 15 is 0 Å². The van der Waals surface area contributed by atoms with Gasteiger partial charge in [0.25, 0.3) is 0 Å². The number of hydrogen-bond donors (Lipinski definition) is 2. The van der Waals surface area contributed by atoms with Gasteiger partial charge in [0.05, 0.1) is 17.6 Å². The first-order valence-electron chi connectivity index (χ1n) is 9.64. The number of thiophene rings is 1. The first-order valence-corrected chi connectivity index (χ1v) is 10.5. The van der Waals surface area contributed by atoms with Crippen LogP contribution in [-0.2, 0) is 14.3 Å². The van der Waals surface area contributed by atoms with Crippen molar-refractivity contribution in [3.63, 3.8) is 0 Å². The third-order valence-corrected chi connectivity index (χ3v) is 6.74. The molecule has 0 saturated carbocycles. The lowest BCUT2D eigenvalue weighted by Crippen LogP contribution is -2.35. The van der Waals surface area contributed by atoms with Crippen molar-refractivity contribution in [2.24, 2.45) is 0 Å². The van der Waals surface area contributed by atoms with Crippen LogP contribution in [0.3, 0.4) is 0 Å². The van der Waals surface area contributed by atoms with Gasteiger partial charge in [-0.3, -0.25) is 14.9 Å². The molecule has 0 saturated heterocycles. The minimum atomic E-state index is -0.820. The first kappa shape index (κ1) is 20.8. The number of phenolic OH excluding ortho intramolecular Hbond substituents is 1. The molecule has 2 aliphatic rings. The Balaban J connectivity index is 1.87. The molecule has 160 valence electrons. The average Bonchev–Trinajstić information content (AvgIpc) is 3.27. The van der Waals surface area contributed by atoms with E-state index in [9.17, 15) is 24.8 Å². The van der Waals surface area contributed by atoms with Gasteiger partial charge in [0.1, 0.15) is 0 Å². The normalized spacial score (nSPS) is 20.9. The largest absolute Gasteiger partial charge is 0.502 e. The highest BCUT2D eigenvalue weighted by Gasteiger charge is 2.42. The first-order chi connectivity index (χ1) is 14.8. The van der Waals surface area contributed by atoms with Crippen molar-refractivity contribution >= 4 is 28.8 Å². The molecule has 1 aromatic heterocycles. The van der Waals surface area contributed by atoms with Crippen LogP contribution in [0.4, 0.5) is 5.69 Å². The van der Waals surface area contributed by atoms with Crippen LogP contribution in [0.1, 0.15) is 42.0 Å². The van der Waals surface area contributed by atoms with Gasteiger partial charge in [-0.1, -0.05) is 12.1 Å². The van der Waals surface area contributed by atoms with Crippen LogP contribution in [0.15, 0.2) is 58.3 Å². The fourth-order valence-corrected chi connectivity index (χ4v) is 5.17. The summed E-state index contributed by atoms with van der Waals surface area (Å²) in [5.41, 5.74) is 1.77. The van der Waals surface area contributed by atoms with Crippen LogP contribution in [0.2, 0.25) is 0 Å². The number of allylic oxidation sites excluding steroid dienone is 3. The van der Waals surface area contributed by atoms with E-state index in [2.05, 4.69) is 5.32 Å². The summed E-state index contributed by atoms with van der Waals surface area (Å²) in [4.78, 5) is 37.7. The molecule has 0 bridgehead atoms. The topological polar surface area (TPSA) is 119 Å². The number of dihydropyridines is 1. The molecule has 0 radical (unpaired) electrons. The van der Waals surface area contributed by atoms with E-state index in [1.54, 1.807) is 18.3 Å². The number of aromatic hydroxyl groups is 1. The highest BCUT2D eigenvalue weighted by molar-refractivity contribution is 7.10. The maximum atomic E-state index is 13.3. The van der Waals surface area contributed by atoms with Crippen LogP contribution < -0.4 is 5.32 Å². The number of nitrogens with one attached hydrogen (secondary N) is 1. The molecule has 2 heterocycles. The summed E-state index contributed by atoms with van der Waals surface area (Å²) in [5.74, 6) is -2.02. The lowest BCUT2D eigenvalue weighted by atomic mass is 9.72. The van der Waals surface area contributed by atoms with Gasteiger partial charge in [0.2, 0.25) is 0 Å². The Morgan fingerprint density at radius 3 is 2.74 bits per heavy atom. The summed E-state index contributed by atoms with van der Waals surface area (Å²) in [6.45, 7) is 1.72. The van der Waals surface area contributed by atoms with Gasteiger partial charge in [-0.05, 0) is 36.4 Å². The molecule has 0 spiro atoms. The fraction of sp³-hybridized carbons (Fsp3) is 0.273. The van der Waals surface area contributed by atoms with E-state index in [4.69, 9.17) is 4.74 Å². The zero-order valence-electron chi connectivity index (χ0n) is 16.9.